The van der Waals surface area contributed by atoms with E-state index in [0.717, 1.165) is 23.0 Å². The van der Waals surface area contributed by atoms with Crippen molar-refractivity contribution in [1.82, 2.24) is 14.5 Å². The van der Waals surface area contributed by atoms with E-state index >= 15 is 0 Å². The van der Waals surface area contributed by atoms with Gasteiger partial charge in [0.25, 0.3) is 5.56 Å². The molecular weight excluding hydrogens is 412 g/mol. The molecule has 0 bridgehead atoms. The molecule has 2 aromatic rings. The van der Waals surface area contributed by atoms with Crippen molar-refractivity contribution < 1.29 is 14.3 Å². The molecule has 1 unspecified atom stereocenters. The van der Waals surface area contributed by atoms with Crippen molar-refractivity contribution in [3.63, 3.8) is 0 Å². The van der Waals surface area contributed by atoms with E-state index in [2.05, 4.69) is 5.32 Å². The van der Waals surface area contributed by atoms with Gasteiger partial charge in [-0.1, -0.05) is 6.07 Å². The van der Waals surface area contributed by atoms with E-state index < -0.39 is 0 Å². The van der Waals surface area contributed by atoms with Crippen molar-refractivity contribution in [1.29, 1.82) is 0 Å². The van der Waals surface area contributed by atoms with E-state index in [4.69, 9.17) is 9.47 Å². The Labute approximate surface area is 187 Å². The average molecular weight is 445 g/mol. The van der Waals surface area contributed by atoms with Gasteiger partial charge in [-0.15, -0.1) is 0 Å². The minimum atomic E-state index is -0.375. The summed E-state index contributed by atoms with van der Waals surface area (Å²) in [6.45, 7) is 6.44. The third-order valence-corrected chi connectivity index (χ3v) is 5.69. The van der Waals surface area contributed by atoms with Gasteiger partial charge >= 0.3 is 5.69 Å². The fourth-order valence-corrected chi connectivity index (χ4v) is 3.96. The first kappa shape index (κ1) is 23.4. The fraction of sp³-hybridized carbons (Fsp3) is 0.522. The molecule has 0 saturated carbocycles. The Hall–Kier alpha value is -3.23. The quantitative estimate of drug-likeness (QED) is 0.662. The number of nitrogens with zero attached hydrogens (tertiary/aromatic N) is 3. The number of hydrogen-bond donors (Lipinski definition) is 1. The first-order valence-corrected chi connectivity index (χ1v) is 11.0. The number of carbonyl (C=O) groups is 1. The molecule has 1 atom stereocenters. The summed E-state index contributed by atoms with van der Waals surface area (Å²) in [6.07, 6.45) is 1.56. The maximum Gasteiger partial charge on any atom is 0.332 e. The Kier molecular flexibility index (Phi) is 7.61. The van der Waals surface area contributed by atoms with Gasteiger partial charge in [0.15, 0.2) is 11.5 Å². The van der Waals surface area contributed by atoms with E-state index in [1.807, 2.05) is 36.9 Å². The molecule has 9 nitrogen and oxygen atoms in total. The van der Waals surface area contributed by atoms with Gasteiger partial charge < -0.3 is 19.7 Å². The molecule has 3 rings (SSSR count). The number of benzene rings is 1. The van der Waals surface area contributed by atoms with Crippen molar-refractivity contribution in [2.75, 3.05) is 31.2 Å². The Morgan fingerprint density at radius 2 is 1.78 bits per heavy atom. The van der Waals surface area contributed by atoms with Gasteiger partial charge in [0.1, 0.15) is 5.82 Å². The van der Waals surface area contributed by atoms with Crippen molar-refractivity contribution in [2.45, 2.75) is 33.2 Å². The summed E-state index contributed by atoms with van der Waals surface area (Å²) in [7, 11) is 3.10. The number of ether oxygens (including phenoxy) is 2. The third kappa shape index (κ3) is 5.15. The second-order valence-corrected chi connectivity index (χ2v) is 7.89. The summed E-state index contributed by atoms with van der Waals surface area (Å²) >= 11 is 0. The number of aromatic nitrogens is 2. The monoisotopic (exact) mass is 444 g/mol. The zero-order chi connectivity index (χ0) is 23.3. The SMILES string of the molecule is CCOc1ccc(CNC(=O)C2CCCN(c3cc(=O)n(C)c(=O)n3C)C2)cc1OCC. The minimum Gasteiger partial charge on any atom is -0.490 e. The standard InChI is InChI=1S/C23H32N4O5/c1-5-31-18-10-9-16(12-19(18)32-6-2)14-24-22(29)17-8-7-11-27(15-17)20-13-21(28)26(4)23(30)25(20)3/h9-10,12-13,17H,5-8,11,14-15H2,1-4H3,(H,24,29). The molecule has 0 spiro atoms. The fourth-order valence-electron chi connectivity index (χ4n) is 3.96. The lowest BCUT2D eigenvalue weighted by Gasteiger charge is -2.34. The summed E-state index contributed by atoms with van der Waals surface area (Å²) in [6, 6.07) is 7.11. The van der Waals surface area contributed by atoms with Crippen LogP contribution in [0, 0.1) is 5.92 Å². The second-order valence-electron chi connectivity index (χ2n) is 7.89. The van der Waals surface area contributed by atoms with E-state index in [9.17, 15) is 14.4 Å². The van der Waals surface area contributed by atoms with Crippen LogP contribution in [-0.4, -0.2) is 41.3 Å². The lowest BCUT2D eigenvalue weighted by molar-refractivity contribution is -0.125. The van der Waals surface area contributed by atoms with Crippen LogP contribution < -0.4 is 30.9 Å². The molecule has 0 radical (unpaired) electrons. The van der Waals surface area contributed by atoms with Crippen molar-refractivity contribution in [3.8, 4) is 11.5 Å². The Balaban J connectivity index is 1.67. The van der Waals surface area contributed by atoms with Crippen LogP contribution in [-0.2, 0) is 25.4 Å². The summed E-state index contributed by atoms with van der Waals surface area (Å²) in [4.78, 5) is 39.2. The van der Waals surface area contributed by atoms with Crippen LogP contribution in [0.25, 0.3) is 0 Å². The Morgan fingerprint density at radius 1 is 1.06 bits per heavy atom. The van der Waals surface area contributed by atoms with E-state index in [1.165, 1.54) is 17.7 Å². The molecule has 1 fully saturated rings. The Bertz CT molecular complexity index is 1080. The predicted octanol–water partition coefficient (Wildman–Crippen LogP) is 1.41. The molecule has 1 aliphatic heterocycles. The maximum atomic E-state index is 12.9. The molecule has 0 aliphatic carbocycles. The van der Waals surface area contributed by atoms with E-state index in [1.54, 1.807) is 7.05 Å². The summed E-state index contributed by atoms with van der Waals surface area (Å²) in [5, 5.41) is 3.01. The van der Waals surface area contributed by atoms with Crippen LogP contribution in [0.1, 0.15) is 32.3 Å². The lowest BCUT2D eigenvalue weighted by atomic mass is 9.97. The highest BCUT2D eigenvalue weighted by Gasteiger charge is 2.27. The normalized spacial score (nSPS) is 16.0. The van der Waals surface area contributed by atoms with Gasteiger partial charge in [-0.3, -0.25) is 18.7 Å². The molecule has 9 heteroatoms. The van der Waals surface area contributed by atoms with Crippen molar-refractivity contribution >= 4 is 11.7 Å². The molecule has 174 valence electrons. The minimum absolute atomic E-state index is 0.0459. The number of nitrogens with one attached hydrogen (secondary N) is 1. The number of piperidine rings is 1. The van der Waals surface area contributed by atoms with Gasteiger partial charge in [0.2, 0.25) is 5.91 Å². The molecule has 1 aliphatic rings. The van der Waals surface area contributed by atoms with Crippen molar-refractivity contribution in [2.24, 2.45) is 20.0 Å². The van der Waals surface area contributed by atoms with Crippen molar-refractivity contribution in [3.05, 3.63) is 50.7 Å². The first-order chi connectivity index (χ1) is 15.3. The van der Waals surface area contributed by atoms with Gasteiger partial charge in [-0.25, -0.2) is 4.79 Å². The molecule has 2 heterocycles. The number of hydrogen-bond acceptors (Lipinski definition) is 6. The van der Waals surface area contributed by atoms with Crippen LogP contribution in [0.15, 0.2) is 33.9 Å². The predicted molar refractivity (Wildman–Crippen MR) is 122 cm³/mol. The topological polar surface area (TPSA) is 94.8 Å². The maximum absolute atomic E-state index is 12.9. The molecule has 1 saturated heterocycles. The number of carbonyl (C=O) groups excluding carboxylic acids is 1. The highest BCUT2D eigenvalue weighted by atomic mass is 16.5. The molecule has 1 N–H and O–H groups in total. The van der Waals surface area contributed by atoms with Crippen LogP contribution in [0.3, 0.4) is 0 Å². The third-order valence-electron chi connectivity index (χ3n) is 5.69. The van der Waals surface area contributed by atoms with Gasteiger partial charge in [-0.05, 0) is 44.4 Å². The summed E-state index contributed by atoms with van der Waals surface area (Å²) in [5.41, 5.74) is 0.196. The number of anilines is 1. The molecular formula is C23H32N4O5. The summed E-state index contributed by atoms with van der Waals surface area (Å²) in [5.74, 6) is 1.62. The molecule has 1 amide bonds. The number of amides is 1. The zero-order valence-corrected chi connectivity index (χ0v) is 19.2. The lowest BCUT2D eigenvalue weighted by Crippen LogP contribution is -2.46. The Morgan fingerprint density at radius 3 is 2.50 bits per heavy atom. The van der Waals surface area contributed by atoms with E-state index in [0.29, 0.717) is 50.2 Å². The van der Waals surface area contributed by atoms with Crippen LogP contribution in [0.2, 0.25) is 0 Å². The zero-order valence-electron chi connectivity index (χ0n) is 19.2. The van der Waals surface area contributed by atoms with E-state index in [-0.39, 0.29) is 23.1 Å². The average Bonchev–Trinajstić information content (AvgIpc) is 2.80. The van der Waals surface area contributed by atoms with Gasteiger partial charge in [0.05, 0.1) is 19.1 Å². The second kappa shape index (κ2) is 10.4. The van der Waals surface area contributed by atoms with Gasteiger partial charge in [0, 0.05) is 39.8 Å². The summed E-state index contributed by atoms with van der Waals surface area (Å²) < 4.78 is 13.8. The molecule has 32 heavy (non-hydrogen) atoms. The highest BCUT2D eigenvalue weighted by Crippen LogP contribution is 2.28. The van der Waals surface area contributed by atoms with Crippen LogP contribution in [0.4, 0.5) is 5.82 Å². The first-order valence-electron chi connectivity index (χ1n) is 11.0. The van der Waals surface area contributed by atoms with Crippen LogP contribution in [0.5, 0.6) is 11.5 Å². The number of rotatable bonds is 8. The molecule has 1 aromatic carbocycles. The molecule has 1 aromatic heterocycles. The highest BCUT2D eigenvalue weighted by molar-refractivity contribution is 5.79. The van der Waals surface area contributed by atoms with Crippen LogP contribution >= 0.6 is 0 Å². The van der Waals surface area contributed by atoms with Gasteiger partial charge in [-0.2, -0.15) is 0 Å². The smallest absolute Gasteiger partial charge is 0.332 e. The largest absolute Gasteiger partial charge is 0.490 e.